The van der Waals surface area contributed by atoms with Gasteiger partial charge in [-0.05, 0) is 4.94 Å². The zero-order chi connectivity index (χ0) is 10.7. The highest BCUT2D eigenvalue weighted by Crippen LogP contribution is 2.70. The summed E-state index contributed by atoms with van der Waals surface area (Å²) >= 11 is 0. The standard InChI is InChI=1S/C3HF6NO2S/c4-1(5)2(6,7)3(1,8)13(11,12)10-9/h10H. The molecule has 1 N–H and O–H groups in total. The molecule has 0 aromatic rings. The average molecular weight is 229 g/mol. The quantitative estimate of drug-likeness (QED) is 0.560. The first-order chi connectivity index (χ1) is 5.56. The predicted octanol–water partition coefficient (Wildman–Crippen LogP) is 0.740. The van der Waals surface area contributed by atoms with Crippen LogP contribution in [-0.4, -0.2) is 25.3 Å². The third-order valence-electron chi connectivity index (χ3n) is 1.61. The van der Waals surface area contributed by atoms with Gasteiger partial charge in [-0.1, -0.05) is 0 Å². The third kappa shape index (κ3) is 0.777. The van der Waals surface area contributed by atoms with Crippen LogP contribution in [0.3, 0.4) is 0 Å². The van der Waals surface area contributed by atoms with Crippen LogP contribution in [0.2, 0.25) is 0 Å². The second-order valence-corrected chi connectivity index (χ2v) is 4.05. The number of alkyl halides is 5. The average Bonchev–Trinajstić information content (AvgIpc) is 2.30. The van der Waals surface area contributed by atoms with Crippen LogP contribution >= 0.6 is 0 Å². The lowest BCUT2D eigenvalue weighted by atomic mass is 10.8. The molecule has 0 heterocycles. The molecule has 1 aliphatic rings. The molecule has 3 nitrogen and oxygen atoms in total. The summed E-state index contributed by atoms with van der Waals surface area (Å²) in [6.45, 7) is 0. The third-order valence-corrected chi connectivity index (χ3v) is 3.07. The van der Waals surface area contributed by atoms with E-state index in [1.807, 2.05) is 0 Å². The molecule has 78 valence electrons. The lowest BCUT2D eigenvalue weighted by Crippen LogP contribution is -2.34. The van der Waals surface area contributed by atoms with Crippen molar-refractivity contribution in [1.82, 2.24) is 4.94 Å². The minimum atomic E-state index is -6.02. The molecule has 0 saturated heterocycles. The van der Waals surface area contributed by atoms with Crippen LogP contribution in [0, 0.1) is 0 Å². The Morgan fingerprint density at radius 2 is 1.23 bits per heavy atom. The molecule has 1 fully saturated rings. The molecule has 0 spiro atoms. The molecule has 0 amide bonds. The fraction of sp³-hybridized carbons (Fsp3) is 1.00. The number of rotatable bonds is 2. The summed E-state index contributed by atoms with van der Waals surface area (Å²) in [7, 11) is -6.02. The molecule has 0 aromatic heterocycles. The van der Waals surface area contributed by atoms with Gasteiger partial charge in [-0.2, -0.15) is 17.6 Å². The Hall–Kier alpha value is -0.510. The molecule has 1 rings (SSSR count). The van der Waals surface area contributed by atoms with E-state index in [2.05, 4.69) is 0 Å². The Kier molecular flexibility index (Phi) is 1.71. The van der Waals surface area contributed by atoms with Crippen LogP contribution in [0.25, 0.3) is 0 Å². The number of hydrogen-bond acceptors (Lipinski definition) is 2. The van der Waals surface area contributed by atoms with E-state index in [4.69, 9.17) is 0 Å². The smallest absolute Gasteiger partial charge is 0.210 e. The molecule has 0 aliphatic heterocycles. The minimum Gasteiger partial charge on any atom is -0.210 e. The van der Waals surface area contributed by atoms with Crippen molar-refractivity contribution in [3.05, 3.63) is 0 Å². The van der Waals surface area contributed by atoms with Crippen molar-refractivity contribution in [3.8, 4) is 0 Å². The zero-order valence-electron chi connectivity index (χ0n) is 5.49. The van der Waals surface area contributed by atoms with Crippen LogP contribution in [-0.2, 0) is 10.0 Å². The molecule has 10 heteroatoms. The zero-order valence-corrected chi connectivity index (χ0v) is 6.31. The molecule has 0 atom stereocenters. The molecule has 0 aromatic carbocycles. The first kappa shape index (κ1) is 10.6. The summed E-state index contributed by atoms with van der Waals surface area (Å²) in [6.07, 6.45) is 0. The highest BCUT2D eigenvalue weighted by atomic mass is 32.2. The molecule has 0 bridgehead atoms. The molecule has 13 heavy (non-hydrogen) atoms. The first-order valence-electron chi connectivity index (χ1n) is 2.63. The summed E-state index contributed by atoms with van der Waals surface area (Å²) < 4.78 is 91.6. The fourth-order valence-electron chi connectivity index (χ4n) is 0.754. The fourth-order valence-corrected chi connectivity index (χ4v) is 1.74. The van der Waals surface area contributed by atoms with Gasteiger partial charge in [0.1, 0.15) is 0 Å². The number of nitrogens with one attached hydrogen (secondary N) is 1. The summed E-state index contributed by atoms with van der Waals surface area (Å²) in [4.78, 5) is -0.408. The topological polar surface area (TPSA) is 46.2 Å². The molecule has 0 unspecified atom stereocenters. The van der Waals surface area contributed by atoms with Crippen LogP contribution in [0.5, 0.6) is 0 Å². The van der Waals surface area contributed by atoms with E-state index in [0.717, 1.165) is 0 Å². The number of hydrogen-bond donors (Lipinski definition) is 1. The van der Waals surface area contributed by atoms with Gasteiger partial charge in [0.2, 0.25) is 0 Å². The molecular weight excluding hydrogens is 228 g/mol. The SMILES string of the molecule is O=S(=O)(NF)C1(F)C(F)(F)C1(F)F. The lowest BCUT2D eigenvalue weighted by Gasteiger charge is -2.01. The predicted molar refractivity (Wildman–Crippen MR) is 26.9 cm³/mol. The van der Waals surface area contributed by atoms with E-state index < -0.39 is 31.8 Å². The van der Waals surface area contributed by atoms with E-state index in [-0.39, 0.29) is 0 Å². The Balaban J connectivity index is 3.25. The molecular formula is C3HF6NO2S. The van der Waals surface area contributed by atoms with Gasteiger partial charge >= 0.3 is 16.8 Å². The van der Waals surface area contributed by atoms with Crippen molar-refractivity contribution in [2.24, 2.45) is 0 Å². The van der Waals surface area contributed by atoms with E-state index in [9.17, 15) is 34.9 Å². The van der Waals surface area contributed by atoms with Crippen molar-refractivity contribution in [2.45, 2.75) is 16.8 Å². The Labute approximate surface area is 67.7 Å². The summed E-state index contributed by atoms with van der Waals surface area (Å²) in [6, 6.07) is 0. The first-order valence-corrected chi connectivity index (χ1v) is 4.11. The normalized spacial score (nSPS) is 28.5. The Morgan fingerprint density at radius 1 is 0.923 bits per heavy atom. The van der Waals surface area contributed by atoms with Gasteiger partial charge < -0.3 is 0 Å². The second kappa shape index (κ2) is 2.11. The maximum Gasteiger partial charge on any atom is 0.370 e. The highest BCUT2D eigenvalue weighted by molar-refractivity contribution is 7.91. The van der Waals surface area contributed by atoms with Crippen molar-refractivity contribution < 1.29 is 34.9 Å². The van der Waals surface area contributed by atoms with E-state index in [1.165, 1.54) is 0 Å². The lowest BCUT2D eigenvalue weighted by molar-refractivity contribution is -0.0278. The Bertz CT molecular complexity index is 322. The van der Waals surface area contributed by atoms with Crippen LogP contribution < -0.4 is 4.94 Å². The number of sulfonamides is 1. The van der Waals surface area contributed by atoms with Crippen molar-refractivity contribution in [3.63, 3.8) is 0 Å². The summed E-state index contributed by atoms with van der Waals surface area (Å²) in [5, 5.41) is -5.19. The second-order valence-electron chi connectivity index (χ2n) is 2.32. The van der Waals surface area contributed by atoms with E-state index >= 15 is 0 Å². The molecule has 1 saturated carbocycles. The van der Waals surface area contributed by atoms with Crippen molar-refractivity contribution in [2.75, 3.05) is 0 Å². The van der Waals surface area contributed by atoms with Gasteiger partial charge in [0.15, 0.2) is 0 Å². The van der Waals surface area contributed by atoms with Gasteiger partial charge in [0.25, 0.3) is 10.0 Å². The summed E-state index contributed by atoms with van der Waals surface area (Å²) in [5.41, 5.74) is 0. The van der Waals surface area contributed by atoms with E-state index in [0.29, 0.717) is 0 Å². The minimum absolute atomic E-state index is 0.408. The largest absolute Gasteiger partial charge is 0.370 e. The molecule has 0 radical (unpaired) electrons. The van der Waals surface area contributed by atoms with Gasteiger partial charge in [-0.3, -0.25) is 0 Å². The van der Waals surface area contributed by atoms with Crippen LogP contribution in [0.15, 0.2) is 0 Å². The van der Waals surface area contributed by atoms with Gasteiger partial charge in [0.05, 0.1) is 0 Å². The maximum absolute atomic E-state index is 12.4. The van der Waals surface area contributed by atoms with E-state index in [1.54, 1.807) is 0 Å². The van der Waals surface area contributed by atoms with Gasteiger partial charge in [-0.25, -0.2) is 12.8 Å². The van der Waals surface area contributed by atoms with Crippen molar-refractivity contribution >= 4 is 10.0 Å². The molecule has 1 aliphatic carbocycles. The monoisotopic (exact) mass is 229 g/mol. The summed E-state index contributed by atoms with van der Waals surface area (Å²) in [5.74, 6) is -10.8. The van der Waals surface area contributed by atoms with Crippen LogP contribution in [0.1, 0.15) is 0 Å². The number of halogens is 6. The van der Waals surface area contributed by atoms with Crippen molar-refractivity contribution in [1.29, 1.82) is 0 Å². The van der Waals surface area contributed by atoms with Gasteiger partial charge in [-0.15, -0.1) is 4.48 Å². The van der Waals surface area contributed by atoms with Gasteiger partial charge in [0, 0.05) is 0 Å². The van der Waals surface area contributed by atoms with Crippen LogP contribution in [0.4, 0.5) is 26.4 Å². The Morgan fingerprint density at radius 3 is 1.31 bits per heavy atom. The maximum atomic E-state index is 12.4. The highest BCUT2D eigenvalue weighted by Gasteiger charge is 3.05.